The molecule has 1 spiro atoms. The van der Waals surface area contributed by atoms with Gasteiger partial charge in [0, 0.05) is 25.3 Å². The smallest absolute Gasteiger partial charge is 0.276 e. The fourth-order valence-electron chi connectivity index (χ4n) is 4.34. The third kappa shape index (κ3) is 2.61. The SMILES string of the molecule is CNC(=O)CN1c2ccccc2C(=O)N(C)C12C(=O)Nc1ccc(C(C)(C)C)cc12. The molecule has 0 radical (unpaired) electrons. The van der Waals surface area contributed by atoms with E-state index >= 15 is 0 Å². The lowest BCUT2D eigenvalue weighted by atomic mass is 9.83. The molecule has 2 N–H and O–H groups in total. The number of para-hydroxylation sites is 1. The van der Waals surface area contributed by atoms with Crippen LogP contribution in [0.25, 0.3) is 0 Å². The molecule has 4 rings (SSSR count). The molecule has 1 unspecified atom stereocenters. The molecule has 0 saturated heterocycles. The summed E-state index contributed by atoms with van der Waals surface area (Å²) < 4.78 is 0. The molecular formula is C23H26N4O3. The lowest BCUT2D eigenvalue weighted by molar-refractivity contribution is -0.127. The Morgan fingerprint density at radius 2 is 1.83 bits per heavy atom. The molecule has 2 aromatic rings. The first-order valence-electron chi connectivity index (χ1n) is 9.94. The number of carbonyl (C=O) groups is 3. The molecule has 0 aliphatic carbocycles. The number of anilines is 2. The van der Waals surface area contributed by atoms with Crippen LogP contribution in [-0.2, 0) is 20.7 Å². The van der Waals surface area contributed by atoms with Gasteiger partial charge in [0.2, 0.25) is 11.6 Å². The van der Waals surface area contributed by atoms with Crippen molar-refractivity contribution in [2.45, 2.75) is 31.8 Å². The van der Waals surface area contributed by atoms with Gasteiger partial charge in [-0.25, -0.2) is 0 Å². The molecule has 156 valence electrons. The summed E-state index contributed by atoms with van der Waals surface area (Å²) in [6.45, 7) is 6.22. The second kappa shape index (κ2) is 6.58. The number of rotatable bonds is 2. The van der Waals surface area contributed by atoms with Crippen LogP contribution < -0.4 is 15.5 Å². The second-order valence-electron chi connectivity index (χ2n) is 8.78. The van der Waals surface area contributed by atoms with E-state index in [1.54, 1.807) is 43.3 Å². The van der Waals surface area contributed by atoms with E-state index in [1.807, 2.05) is 18.2 Å². The Balaban J connectivity index is 2.03. The van der Waals surface area contributed by atoms with Gasteiger partial charge < -0.3 is 20.4 Å². The Morgan fingerprint density at radius 3 is 2.50 bits per heavy atom. The number of hydrogen-bond acceptors (Lipinski definition) is 4. The van der Waals surface area contributed by atoms with Crippen molar-refractivity contribution < 1.29 is 14.4 Å². The summed E-state index contributed by atoms with van der Waals surface area (Å²) in [5, 5.41) is 5.57. The summed E-state index contributed by atoms with van der Waals surface area (Å²) in [7, 11) is 3.17. The average molecular weight is 406 g/mol. The van der Waals surface area contributed by atoms with Crippen molar-refractivity contribution in [2.75, 3.05) is 30.9 Å². The lowest BCUT2D eigenvalue weighted by Crippen LogP contribution is -2.66. The Labute approximate surface area is 176 Å². The van der Waals surface area contributed by atoms with Crippen LogP contribution in [0.15, 0.2) is 42.5 Å². The van der Waals surface area contributed by atoms with Crippen molar-refractivity contribution in [2.24, 2.45) is 0 Å². The van der Waals surface area contributed by atoms with Crippen molar-refractivity contribution in [1.82, 2.24) is 10.2 Å². The Bertz CT molecular complexity index is 1070. The van der Waals surface area contributed by atoms with Crippen LogP contribution in [0.4, 0.5) is 11.4 Å². The van der Waals surface area contributed by atoms with Crippen LogP contribution in [0, 0.1) is 0 Å². The normalized spacial score (nSPS) is 20.2. The highest BCUT2D eigenvalue weighted by Crippen LogP contribution is 2.49. The quantitative estimate of drug-likeness (QED) is 0.803. The van der Waals surface area contributed by atoms with Gasteiger partial charge in [-0.15, -0.1) is 0 Å². The zero-order valence-electron chi connectivity index (χ0n) is 17.9. The lowest BCUT2D eigenvalue weighted by Gasteiger charge is -2.50. The molecule has 1 atom stereocenters. The van der Waals surface area contributed by atoms with E-state index in [4.69, 9.17) is 0 Å². The molecule has 0 fully saturated rings. The van der Waals surface area contributed by atoms with E-state index in [9.17, 15) is 14.4 Å². The maximum Gasteiger partial charge on any atom is 0.276 e. The molecule has 0 saturated carbocycles. The molecular weight excluding hydrogens is 380 g/mol. The molecule has 2 aliphatic heterocycles. The highest BCUT2D eigenvalue weighted by molar-refractivity contribution is 6.15. The molecule has 3 amide bonds. The van der Waals surface area contributed by atoms with Gasteiger partial charge in [-0.1, -0.05) is 39.0 Å². The summed E-state index contributed by atoms with van der Waals surface area (Å²) in [5.41, 5.74) is 1.79. The van der Waals surface area contributed by atoms with Crippen LogP contribution in [0.5, 0.6) is 0 Å². The molecule has 2 aromatic carbocycles. The summed E-state index contributed by atoms with van der Waals surface area (Å²) in [6, 6.07) is 12.9. The highest BCUT2D eigenvalue weighted by atomic mass is 16.2. The first-order valence-corrected chi connectivity index (χ1v) is 9.94. The van der Waals surface area contributed by atoms with Gasteiger partial charge in [0.05, 0.1) is 17.8 Å². The number of nitrogens with one attached hydrogen (secondary N) is 2. The summed E-state index contributed by atoms with van der Waals surface area (Å²) in [5.74, 6) is -0.860. The van der Waals surface area contributed by atoms with Crippen molar-refractivity contribution in [3.05, 3.63) is 59.2 Å². The van der Waals surface area contributed by atoms with E-state index in [-0.39, 0.29) is 29.7 Å². The van der Waals surface area contributed by atoms with Gasteiger partial charge in [0.15, 0.2) is 0 Å². The molecule has 2 heterocycles. The number of amides is 3. The minimum Gasteiger partial charge on any atom is -0.358 e. The van der Waals surface area contributed by atoms with Crippen LogP contribution >= 0.6 is 0 Å². The summed E-state index contributed by atoms with van der Waals surface area (Å²) in [4.78, 5) is 42.5. The monoisotopic (exact) mass is 406 g/mol. The number of carbonyl (C=O) groups excluding carboxylic acids is 3. The van der Waals surface area contributed by atoms with Gasteiger partial charge in [0.1, 0.15) is 0 Å². The summed E-state index contributed by atoms with van der Waals surface area (Å²) >= 11 is 0. The van der Waals surface area contributed by atoms with E-state index < -0.39 is 5.66 Å². The largest absolute Gasteiger partial charge is 0.358 e. The zero-order valence-corrected chi connectivity index (χ0v) is 17.9. The van der Waals surface area contributed by atoms with E-state index in [0.717, 1.165) is 5.56 Å². The maximum absolute atomic E-state index is 13.5. The van der Waals surface area contributed by atoms with Crippen molar-refractivity contribution in [1.29, 1.82) is 0 Å². The predicted molar refractivity (Wildman–Crippen MR) is 115 cm³/mol. The average Bonchev–Trinajstić information content (AvgIpc) is 3.00. The molecule has 0 bridgehead atoms. The van der Waals surface area contributed by atoms with Crippen molar-refractivity contribution >= 4 is 29.1 Å². The minimum absolute atomic E-state index is 0.0717. The van der Waals surface area contributed by atoms with E-state index in [2.05, 4.69) is 31.4 Å². The molecule has 7 heteroatoms. The first-order chi connectivity index (χ1) is 14.1. The Kier molecular flexibility index (Phi) is 4.38. The minimum atomic E-state index is -1.45. The van der Waals surface area contributed by atoms with Crippen LogP contribution in [0.3, 0.4) is 0 Å². The van der Waals surface area contributed by atoms with Gasteiger partial charge in [-0.05, 0) is 35.2 Å². The maximum atomic E-state index is 13.5. The van der Waals surface area contributed by atoms with Crippen LogP contribution in [-0.4, -0.2) is 43.3 Å². The Morgan fingerprint density at radius 1 is 1.13 bits per heavy atom. The number of likely N-dealkylation sites (N-methyl/N-ethyl adjacent to an activating group) is 2. The van der Waals surface area contributed by atoms with Gasteiger partial charge in [-0.3, -0.25) is 14.4 Å². The molecule has 30 heavy (non-hydrogen) atoms. The van der Waals surface area contributed by atoms with E-state index in [0.29, 0.717) is 22.5 Å². The van der Waals surface area contributed by atoms with Gasteiger partial charge in [0.25, 0.3) is 11.8 Å². The van der Waals surface area contributed by atoms with Crippen molar-refractivity contribution in [3.63, 3.8) is 0 Å². The fourth-order valence-corrected chi connectivity index (χ4v) is 4.34. The number of nitrogens with zero attached hydrogens (tertiary/aromatic N) is 2. The third-order valence-corrected chi connectivity index (χ3v) is 6.01. The standard InChI is InChI=1S/C23H26N4O3/c1-22(2,3)14-10-11-17-16(12-14)23(21(30)25-17)26(5)20(29)15-8-6-7-9-18(15)27(23)13-19(28)24-4/h6-12H,13H2,1-5H3,(H,24,28)(H,25,30). The van der Waals surface area contributed by atoms with Crippen LogP contribution in [0.2, 0.25) is 0 Å². The summed E-state index contributed by atoms with van der Waals surface area (Å²) in [6.07, 6.45) is 0. The van der Waals surface area contributed by atoms with Crippen molar-refractivity contribution in [3.8, 4) is 0 Å². The highest BCUT2D eigenvalue weighted by Gasteiger charge is 2.59. The number of fused-ring (bicyclic) bond motifs is 3. The van der Waals surface area contributed by atoms with Gasteiger partial charge >= 0.3 is 0 Å². The second-order valence-corrected chi connectivity index (χ2v) is 8.78. The number of hydrogen-bond donors (Lipinski definition) is 2. The fraction of sp³-hybridized carbons (Fsp3) is 0.348. The topological polar surface area (TPSA) is 81.8 Å². The zero-order chi connectivity index (χ0) is 21.8. The van der Waals surface area contributed by atoms with Crippen LogP contribution in [0.1, 0.15) is 42.3 Å². The molecule has 0 aromatic heterocycles. The predicted octanol–water partition coefficient (Wildman–Crippen LogP) is 2.43. The molecule has 2 aliphatic rings. The Hall–Kier alpha value is -3.35. The third-order valence-electron chi connectivity index (χ3n) is 6.01. The number of benzene rings is 2. The first kappa shape index (κ1) is 19.9. The molecule has 7 nitrogen and oxygen atoms in total. The van der Waals surface area contributed by atoms with E-state index in [1.165, 1.54) is 4.90 Å². The van der Waals surface area contributed by atoms with Gasteiger partial charge in [-0.2, -0.15) is 0 Å².